The molecule has 5 nitrogen and oxygen atoms in total. The van der Waals surface area contributed by atoms with Crippen molar-refractivity contribution in [3.05, 3.63) is 35.4 Å². The van der Waals surface area contributed by atoms with E-state index < -0.39 is 5.97 Å². The SMILES string of the molecule is CC(C)c1ccc(C(NC(=O)CN2CCC(C(=O)O)C2)C(C)C)cc1. The maximum atomic E-state index is 12.4. The Morgan fingerprint density at radius 2 is 1.76 bits per heavy atom. The van der Waals surface area contributed by atoms with Gasteiger partial charge in [-0.2, -0.15) is 0 Å². The summed E-state index contributed by atoms with van der Waals surface area (Å²) in [6, 6.07) is 8.40. The molecule has 1 saturated heterocycles. The van der Waals surface area contributed by atoms with Gasteiger partial charge in [-0.25, -0.2) is 0 Å². The van der Waals surface area contributed by atoms with Crippen LogP contribution in [0.3, 0.4) is 0 Å². The number of carboxylic acids is 1. The first-order valence-electron chi connectivity index (χ1n) is 9.12. The molecule has 0 aliphatic carbocycles. The number of carbonyl (C=O) groups excluding carboxylic acids is 1. The van der Waals surface area contributed by atoms with Gasteiger partial charge in [0.1, 0.15) is 0 Å². The molecule has 1 fully saturated rings. The standard InChI is InChI=1S/C20H30N2O3/c1-13(2)15-5-7-16(8-6-15)19(14(3)4)21-18(23)12-22-10-9-17(11-22)20(24)25/h5-8,13-14,17,19H,9-12H2,1-4H3,(H,21,23)(H,24,25). The Balaban J connectivity index is 1.97. The highest BCUT2D eigenvalue weighted by atomic mass is 16.4. The van der Waals surface area contributed by atoms with E-state index in [0.29, 0.717) is 25.4 Å². The van der Waals surface area contributed by atoms with Gasteiger partial charge in [0.25, 0.3) is 0 Å². The summed E-state index contributed by atoms with van der Waals surface area (Å²) in [5, 5.41) is 12.2. The summed E-state index contributed by atoms with van der Waals surface area (Å²) in [5.74, 6) is -0.402. The third-order valence-electron chi connectivity index (χ3n) is 4.93. The molecule has 1 aromatic carbocycles. The number of benzene rings is 1. The van der Waals surface area contributed by atoms with Gasteiger partial charge < -0.3 is 10.4 Å². The Hall–Kier alpha value is -1.88. The minimum absolute atomic E-state index is 0.0356. The van der Waals surface area contributed by atoms with E-state index in [1.807, 2.05) is 4.90 Å². The minimum Gasteiger partial charge on any atom is -0.481 e. The van der Waals surface area contributed by atoms with Crippen LogP contribution in [0.2, 0.25) is 0 Å². The third kappa shape index (κ3) is 5.30. The highest BCUT2D eigenvalue weighted by Gasteiger charge is 2.29. The fourth-order valence-corrected chi connectivity index (χ4v) is 3.32. The van der Waals surface area contributed by atoms with Crippen LogP contribution in [-0.4, -0.2) is 41.5 Å². The molecule has 0 radical (unpaired) electrons. The van der Waals surface area contributed by atoms with Gasteiger partial charge >= 0.3 is 5.97 Å². The fourth-order valence-electron chi connectivity index (χ4n) is 3.32. The number of carbonyl (C=O) groups is 2. The normalized spacial score (nSPS) is 19.4. The molecule has 2 atom stereocenters. The largest absolute Gasteiger partial charge is 0.481 e. The number of hydrogen-bond acceptors (Lipinski definition) is 3. The van der Waals surface area contributed by atoms with Crippen molar-refractivity contribution in [3.8, 4) is 0 Å². The first-order valence-corrected chi connectivity index (χ1v) is 9.12. The lowest BCUT2D eigenvalue weighted by Crippen LogP contribution is -2.39. The van der Waals surface area contributed by atoms with E-state index in [1.54, 1.807) is 0 Å². The second-order valence-electron chi connectivity index (χ2n) is 7.67. The molecule has 2 N–H and O–H groups in total. The van der Waals surface area contributed by atoms with Crippen molar-refractivity contribution in [2.75, 3.05) is 19.6 Å². The van der Waals surface area contributed by atoms with Crippen molar-refractivity contribution in [2.45, 2.75) is 46.1 Å². The summed E-state index contributed by atoms with van der Waals surface area (Å²) in [4.78, 5) is 25.4. The molecule has 5 heteroatoms. The summed E-state index contributed by atoms with van der Waals surface area (Å²) >= 11 is 0. The number of likely N-dealkylation sites (tertiary alicyclic amines) is 1. The molecule has 0 bridgehead atoms. The lowest BCUT2D eigenvalue weighted by molar-refractivity contribution is -0.141. The van der Waals surface area contributed by atoms with Crippen molar-refractivity contribution >= 4 is 11.9 Å². The summed E-state index contributed by atoms with van der Waals surface area (Å²) in [6.45, 7) is 9.90. The monoisotopic (exact) mass is 346 g/mol. The first kappa shape index (κ1) is 19.4. The Morgan fingerprint density at radius 1 is 1.16 bits per heavy atom. The van der Waals surface area contributed by atoms with Gasteiger partial charge in [-0.05, 0) is 35.9 Å². The van der Waals surface area contributed by atoms with Crippen LogP contribution >= 0.6 is 0 Å². The van der Waals surface area contributed by atoms with Crippen LogP contribution in [0.4, 0.5) is 0 Å². The summed E-state index contributed by atoms with van der Waals surface area (Å²) in [5.41, 5.74) is 2.40. The summed E-state index contributed by atoms with van der Waals surface area (Å²) in [7, 11) is 0. The predicted molar refractivity (Wildman–Crippen MR) is 98.4 cm³/mol. The van der Waals surface area contributed by atoms with Crippen molar-refractivity contribution in [2.24, 2.45) is 11.8 Å². The van der Waals surface area contributed by atoms with Crippen LogP contribution in [-0.2, 0) is 9.59 Å². The Kier molecular flexibility index (Phi) is 6.59. The number of carboxylic acid groups (broad SMARTS) is 1. The van der Waals surface area contributed by atoms with Crippen LogP contribution in [0, 0.1) is 11.8 Å². The molecule has 2 unspecified atom stereocenters. The molecule has 0 spiro atoms. The molecule has 1 heterocycles. The second-order valence-corrected chi connectivity index (χ2v) is 7.67. The molecule has 2 rings (SSSR count). The van der Waals surface area contributed by atoms with Gasteiger partial charge in [0.05, 0.1) is 18.5 Å². The van der Waals surface area contributed by atoms with Crippen LogP contribution in [0.5, 0.6) is 0 Å². The van der Waals surface area contributed by atoms with Gasteiger partial charge in [-0.15, -0.1) is 0 Å². The molecule has 1 aromatic rings. The fraction of sp³-hybridized carbons (Fsp3) is 0.600. The average Bonchev–Trinajstić information content (AvgIpc) is 3.01. The Labute approximate surface area is 150 Å². The number of amides is 1. The van der Waals surface area contributed by atoms with Crippen molar-refractivity contribution in [1.82, 2.24) is 10.2 Å². The summed E-state index contributed by atoms with van der Waals surface area (Å²) < 4.78 is 0. The van der Waals surface area contributed by atoms with Crippen LogP contribution < -0.4 is 5.32 Å². The number of nitrogens with one attached hydrogen (secondary N) is 1. The van der Waals surface area contributed by atoms with Gasteiger partial charge in [0.2, 0.25) is 5.91 Å². The Morgan fingerprint density at radius 3 is 2.24 bits per heavy atom. The maximum absolute atomic E-state index is 12.4. The van der Waals surface area contributed by atoms with Crippen LogP contribution in [0.1, 0.15) is 57.2 Å². The van der Waals surface area contributed by atoms with E-state index in [9.17, 15) is 9.59 Å². The third-order valence-corrected chi connectivity index (χ3v) is 4.93. The predicted octanol–water partition coefficient (Wildman–Crippen LogP) is 3.03. The average molecular weight is 346 g/mol. The first-order chi connectivity index (χ1) is 11.8. The van der Waals surface area contributed by atoms with Gasteiger partial charge in [-0.1, -0.05) is 52.0 Å². The quantitative estimate of drug-likeness (QED) is 0.796. The van der Waals surface area contributed by atoms with Gasteiger partial charge in [0.15, 0.2) is 0 Å². The second kappa shape index (κ2) is 8.48. The molecule has 0 aromatic heterocycles. The minimum atomic E-state index is -0.770. The zero-order chi connectivity index (χ0) is 18.6. The molecule has 138 valence electrons. The van der Waals surface area contributed by atoms with Crippen LogP contribution in [0.15, 0.2) is 24.3 Å². The lowest BCUT2D eigenvalue weighted by atomic mass is 9.93. The Bertz CT molecular complexity index is 595. The molecule has 1 aliphatic heterocycles. The number of nitrogens with zero attached hydrogens (tertiary/aromatic N) is 1. The summed E-state index contributed by atoms with van der Waals surface area (Å²) in [6.07, 6.45) is 0.618. The zero-order valence-corrected chi connectivity index (χ0v) is 15.7. The molecular formula is C20H30N2O3. The van der Waals surface area contributed by atoms with Crippen molar-refractivity contribution in [3.63, 3.8) is 0 Å². The molecular weight excluding hydrogens is 316 g/mol. The van der Waals surface area contributed by atoms with E-state index in [0.717, 1.165) is 5.56 Å². The van der Waals surface area contributed by atoms with E-state index in [4.69, 9.17) is 5.11 Å². The molecule has 0 saturated carbocycles. The lowest BCUT2D eigenvalue weighted by Gasteiger charge is -2.25. The molecule has 25 heavy (non-hydrogen) atoms. The van der Waals surface area contributed by atoms with E-state index in [2.05, 4.69) is 57.3 Å². The number of aliphatic carboxylic acids is 1. The highest BCUT2D eigenvalue weighted by molar-refractivity contribution is 5.79. The highest BCUT2D eigenvalue weighted by Crippen LogP contribution is 2.24. The topological polar surface area (TPSA) is 69.6 Å². The van der Waals surface area contributed by atoms with Crippen LogP contribution in [0.25, 0.3) is 0 Å². The number of rotatable bonds is 7. The van der Waals surface area contributed by atoms with E-state index in [1.165, 1.54) is 5.56 Å². The smallest absolute Gasteiger partial charge is 0.307 e. The van der Waals surface area contributed by atoms with Gasteiger partial charge in [-0.3, -0.25) is 14.5 Å². The van der Waals surface area contributed by atoms with Crippen molar-refractivity contribution < 1.29 is 14.7 Å². The van der Waals surface area contributed by atoms with Gasteiger partial charge in [0, 0.05) is 6.54 Å². The van der Waals surface area contributed by atoms with E-state index >= 15 is 0 Å². The zero-order valence-electron chi connectivity index (χ0n) is 15.7. The molecule has 1 amide bonds. The van der Waals surface area contributed by atoms with E-state index in [-0.39, 0.29) is 30.3 Å². The van der Waals surface area contributed by atoms with Crippen molar-refractivity contribution in [1.29, 1.82) is 0 Å². The maximum Gasteiger partial charge on any atom is 0.307 e. The number of hydrogen-bond donors (Lipinski definition) is 2. The molecule has 1 aliphatic rings.